The number of carbonyl (C=O) groups is 1. The number of rotatable bonds is 7. The second kappa shape index (κ2) is 7.30. The van der Waals surface area contributed by atoms with E-state index in [0.717, 1.165) is 11.5 Å². The Bertz CT molecular complexity index is 571. The zero-order valence-electron chi connectivity index (χ0n) is 10.9. The van der Waals surface area contributed by atoms with Gasteiger partial charge in [0.15, 0.2) is 0 Å². The lowest BCUT2D eigenvalue weighted by atomic mass is 10.2. The van der Waals surface area contributed by atoms with E-state index in [1.165, 1.54) is 26.9 Å². The van der Waals surface area contributed by atoms with Gasteiger partial charge in [-0.2, -0.15) is 0 Å². The van der Waals surface area contributed by atoms with Crippen LogP contribution >= 0.6 is 23.5 Å². The maximum atomic E-state index is 10.6. The maximum Gasteiger partial charge on any atom is 0.325 e. The predicted molar refractivity (Wildman–Crippen MR) is 78.1 cm³/mol. The molecular weight excluding hydrogens is 296 g/mol. The van der Waals surface area contributed by atoms with Crippen LogP contribution in [0.3, 0.4) is 0 Å². The number of nitrogens with zero attached hydrogens (tertiary/aromatic N) is 4. The van der Waals surface area contributed by atoms with Crippen LogP contribution in [-0.2, 0) is 11.3 Å². The summed E-state index contributed by atoms with van der Waals surface area (Å²) in [5, 5.41) is 20.2. The van der Waals surface area contributed by atoms with E-state index in [1.807, 2.05) is 0 Å². The fourth-order valence-corrected chi connectivity index (χ4v) is 3.21. The minimum absolute atomic E-state index is 0.208. The van der Waals surface area contributed by atoms with E-state index in [0.29, 0.717) is 5.16 Å². The fraction of sp³-hybridized carbons (Fsp3) is 0.333. The molecule has 0 saturated heterocycles. The van der Waals surface area contributed by atoms with Gasteiger partial charge in [0.1, 0.15) is 6.54 Å². The largest absolute Gasteiger partial charge is 0.480 e. The lowest BCUT2D eigenvalue weighted by Gasteiger charge is -2.02. The van der Waals surface area contributed by atoms with E-state index >= 15 is 0 Å². The SMILES string of the molecule is Cc1ccc(SCCSc2nnnn2CC(=O)O)cc1. The summed E-state index contributed by atoms with van der Waals surface area (Å²) in [5.74, 6) is 0.778. The number of aliphatic carboxylic acids is 1. The van der Waals surface area contributed by atoms with Crippen LogP contribution in [0.2, 0.25) is 0 Å². The summed E-state index contributed by atoms with van der Waals surface area (Å²) in [6.45, 7) is 1.85. The molecule has 8 heteroatoms. The highest BCUT2D eigenvalue weighted by molar-refractivity contribution is 8.02. The molecule has 0 unspecified atom stereocenters. The molecule has 0 bridgehead atoms. The first kappa shape index (κ1) is 14.9. The first-order chi connectivity index (χ1) is 9.65. The van der Waals surface area contributed by atoms with Gasteiger partial charge in [-0.05, 0) is 29.5 Å². The molecule has 0 amide bonds. The molecule has 2 aromatic rings. The Morgan fingerprint density at radius 3 is 2.65 bits per heavy atom. The minimum atomic E-state index is -0.951. The van der Waals surface area contributed by atoms with Gasteiger partial charge in [0.2, 0.25) is 5.16 Å². The molecule has 0 aliphatic carbocycles. The molecule has 1 aromatic carbocycles. The van der Waals surface area contributed by atoms with Crippen molar-refractivity contribution in [2.45, 2.75) is 23.5 Å². The Labute approximate surface area is 124 Å². The van der Waals surface area contributed by atoms with Crippen molar-refractivity contribution in [2.24, 2.45) is 0 Å². The predicted octanol–water partition coefficient (Wildman–Crippen LogP) is 1.95. The summed E-state index contributed by atoms with van der Waals surface area (Å²) in [6.07, 6.45) is 0. The molecule has 0 aliphatic rings. The number of carboxylic acid groups (broad SMARTS) is 1. The number of tetrazole rings is 1. The molecule has 0 aliphatic heterocycles. The van der Waals surface area contributed by atoms with Crippen LogP contribution in [-0.4, -0.2) is 42.8 Å². The van der Waals surface area contributed by atoms with Crippen LogP contribution in [0.15, 0.2) is 34.3 Å². The van der Waals surface area contributed by atoms with E-state index < -0.39 is 5.97 Å². The Hall–Kier alpha value is -1.54. The third-order valence-corrected chi connectivity index (χ3v) is 4.62. The first-order valence-electron chi connectivity index (χ1n) is 5.95. The van der Waals surface area contributed by atoms with E-state index in [9.17, 15) is 4.79 Å². The molecule has 0 fully saturated rings. The lowest BCUT2D eigenvalue weighted by molar-refractivity contribution is -0.138. The third kappa shape index (κ3) is 4.53. The van der Waals surface area contributed by atoms with Crippen LogP contribution in [0.1, 0.15) is 5.56 Å². The summed E-state index contributed by atoms with van der Waals surface area (Å²) in [5.41, 5.74) is 1.25. The Kier molecular flexibility index (Phi) is 5.42. The van der Waals surface area contributed by atoms with Crippen molar-refractivity contribution in [3.63, 3.8) is 0 Å². The van der Waals surface area contributed by atoms with Gasteiger partial charge in [0, 0.05) is 16.4 Å². The number of hydrogen-bond acceptors (Lipinski definition) is 6. The lowest BCUT2D eigenvalue weighted by Crippen LogP contribution is -2.11. The quantitative estimate of drug-likeness (QED) is 0.618. The van der Waals surface area contributed by atoms with E-state index in [-0.39, 0.29) is 6.54 Å². The van der Waals surface area contributed by atoms with Gasteiger partial charge < -0.3 is 5.11 Å². The molecular formula is C12H14N4O2S2. The number of aryl methyl sites for hydroxylation is 1. The smallest absolute Gasteiger partial charge is 0.325 e. The highest BCUT2D eigenvalue weighted by Gasteiger charge is 2.09. The molecule has 1 aromatic heterocycles. The zero-order chi connectivity index (χ0) is 14.4. The van der Waals surface area contributed by atoms with Crippen molar-refractivity contribution in [3.05, 3.63) is 29.8 Å². The van der Waals surface area contributed by atoms with Crippen molar-refractivity contribution in [1.29, 1.82) is 0 Å². The van der Waals surface area contributed by atoms with Gasteiger partial charge in [-0.1, -0.05) is 29.5 Å². The third-order valence-electron chi connectivity index (χ3n) is 2.39. The Balaban J connectivity index is 1.77. The van der Waals surface area contributed by atoms with E-state index in [1.54, 1.807) is 11.8 Å². The van der Waals surface area contributed by atoms with E-state index in [4.69, 9.17) is 5.11 Å². The van der Waals surface area contributed by atoms with Crippen LogP contribution in [0.25, 0.3) is 0 Å². The molecule has 20 heavy (non-hydrogen) atoms. The van der Waals surface area contributed by atoms with Gasteiger partial charge in [0.05, 0.1) is 0 Å². The summed E-state index contributed by atoms with van der Waals surface area (Å²) < 4.78 is 1.30. The highest BCUT2D eigenvalue weighted by Crippen LogP contribution is 2.21. The molecule has 0 atom stereocenters. The van der Waals surface area contributed by atoms with Crippen LogP contribution in [0.4, 0.5) is 0 Å². The second-order valence-electron chi connectivity index (χ2n) is 4.02. The van der Waals surface area contributed by atoms with Gasteiger partial charge in [-0.25, -0.2) is 4.68 Å². The standard InChI is InChI=1S/C12H14N4O2S2/c1-9-2-4-10(5-3-9)19-6-7-20-12-13-14-15-16(12)8-11(17)18/h2-5H,6-8H2,1H3,(H,17,18). The number of aromatic nitrogens is 4. The van der Waals surface area contributed by atoms with Crippen molar-refractivity contribution in [2.75, 3.05) is 11.5 Å². The van der Waals surface area contributed by atoms with Gasteiger partial charge in [0.25, 0.3) is 0 Å². The summed E-state index contributed by atoms with van der Waals surface area (Å²) in [7, 11) is 0. The Morgan fingerprint density at radius 2 is 1.95 bits per heavy atom. The Morgan fingerprint density at radius 1 is 1.25 bits per heavy atom. The summed E-state index contributed by atoms with van der Waals surface area (Å²) in [4.78, 5) is 11.9. The van der Waals surface area contributed by atoms with Gasteiger partial charge >= 0.3 is 5.97 Å². The topological polar surface area (TPSA) is 80.9 Å². The summed E-state index contributed by atoms with van der Waals surface area (Å²) in [6, 6.07) is 8.37. The molecule has 0 saturated carbocycles. The van der Waals surface area contributed by atoms with E-state index in [2.05, 4.69) is 46.7 Å². The van der Waals surface area contributed by atoms with Crippen molar-refractivity contribution in [1.82, 2.24) is 20.2 Å². The van der Waals surface area contributed by atoms with Crippen LogP contribution in [0.5, 0.6) is 0 Å². The van der Waals surface area contributed by atoms with Crippen LogP contribution in [0, 0.1) is 6.92 Å². The van der Waals surface area contributed by atoms with Crippen molar-refractivity contribution >= 4 is 29.5 Å². The number of carboxylic acids is 1. The minimum Gasteiger partial charge on any atom is -0.480 e. The fourth-order valence-electron chi connectivity index (χ4n) is 1.45. The zero-order valence-corrected chi connectivity index (χ0v) is 12.5. The molecule has 0 radical (unpaired) electrons. The monoisotopic (exact) mass is 310 g/mol. The van der Waals surface area contributed by atoms with Gasteiger partial charge in [-0.15, -0.1) is 16.9 Å². The van der Waals surface area contributed by atoms with Gasteiger partial charge in [-0.3, -0.25) is 4.79 Å². The average molecular weight is 310 g/mol. The molecule has 2 rings (SSSR count). The number of thioether (sulfide) groups is 2. The maximum absolute atomic E-state index is 10.6. The molecule has 1 heterocycles. The van der Waals surface area contributed by atoms with Crippen molar-refractivity contribution < 1.29 is 9.90 Å². The highest BCUT2D eigenvalue weighted by atomic mass is 32.2. The summed E-state index contributed by atoms with van der Waals surface area (Å²) >= 11 is 3.22. The molecule has 106 valence electrons. The van der Waals surface area contributed by atoms with Crippen molar-refractivity contribution in [3.8, 4) is 0 Å². The number of benzene rings is 1. The molecule has 1 N–H and O–H groups in total. The van der Waals surface area contributed by atoms with Crippen LogP contribution < -0.4 is 0 Å². The average Bonchev–Trinajstić information content (AvgIpc) is 2.83. The number of hydrogen-bond donors (Lipinski definition) is 1. The molecule has 0 spiro atoms. The normalized spacial score (nSPS) is 10.7. The first-order valence-corrected chi connectivity index (χ1v) is 7.92. The molecule has 6 nitrogen and oxygen atoms in total. The second-order valence-corrected chi connectivity index (χ2v) is 6.25.